The first-order valence-electron chi connectivity index (χ1n) is 7.59. The van der Waals surface area contributed by atoms with E-state index in [-0.39, 0.29) is 5.88 Å². The van der Waals surface area contributed by atoms with E-state index >= 15 is 0 Å². The summed E-state index contributed by atoms with van der Waals surface area (Å²) < 4.78 is 0. The summed E-state index contributed by atoms with van der Waals surface area (Å²) in [5.41, 5.74) is 2.29. The maximum atomic E-state index is 9.45. The average molecular weight is 312 g/mol. The third kappa shape index (κ3) is 4.77. The maximum Gasteiger partial charge on any atom is 0.0847 e. The quantitative estimate of drug-likeness (QED) is 0.790. The highest BCUT2D eigenvalue weighted by atomic mass is 35.5. The van der Waals surface area contributed by atoms with Gasteiger partial charge >= 0.3 is 0 Å². The Morgan fingerprint density at radius 1 is 1.38 bits per heavy atom. The van der Waals surface area contributed by atoms with Crippen molar-refractivity contribution in [2.45, 2.75) is 25.0 Å². The smallest absolute Gasteiger partial charge is 0.0847 e. The second-order valence-corrected chi connectivity index (χ2v) is 6.25. The summed E-state index contributed by atoms with van der Waals surface area (Å²) in [6.07, 6.45) is 2.01. The standard InChI is InChI=1S/C16H26ClN3O/c1-19(2)15-4-3-9-20(12-15)14-7-5-13(6-8-14)18-11-16(21)10-17/h5-8,15-16,18,21H,3-4,9-12H2,1-2H3. The van der Waals surface area contributed by atoms with Crippen molar-refractivity contribution in [3.8, 4) is 0 Å². The Labute approximate surface area is 132 Å². The molecule has 0 saturated carbocycles. The third-order valence-electron chi connectivity index (χ3n) is 4.08. The van der Waals surface area contributed by atoms with Crippen molar-refractivity contribution >= 4 is 23.0 Å². The van der Waals surface area contributed by atoms with Crippen LogP contribution in [0.2, 0.25) is 0 Å². The van der Waals surface area contributed by atoms with Crippen LogP contribution in [0.5, 0.6) is 0 Å². The predicted molar refractivity (Wildman–Crippen MR) is 90.6 cm³/mol. The molecule has 0 aliphatic carbocycles. The van der Waals surface area contributed by atoms with Gasteiger partial charge in [-0.25, -0.2) is 0 Å². The minimum absolute atomic E-state index is 0.255. The molecule has 0 spiro atoms. The van der Waals surface area contributed by atoms with Crippen LogP contribution in [0.1, 0.15) is 12.8 Å². The summed E-state index contributed by atoms with van der Waals surface area (Å²) in [6.45, 7) is 2.70. The molecular formula is C16H26ClN3O. The predicted octanol–water partition coefficient (Wildman–Crippen LogP) is 2.23. The number of alkyl halides is 1. The van der Waals surface area contributed by atoms with Gasteiger partial charge in [0.15, 0.2) is 0 Å². The van der Waals surface area contributed by atoms with Crippen LogP contribution in [0.15, 0.2) is 24.3 Å². The molecule has 1 aliphatic rings. The number of piperidine rings is 1. The highest BCUT2D eigenvalue weighted by molar-refractivity contribution is 6.18. The molecule has 0 amide bonds. The van der Waals surface area contributed by atoms with Crippen molar-refractivity contribution in [2.24, 2.45) is 0 Å². The Bertz CT molecular complexity index is 424. The highest BCUT2D eigenvalue weighted by Crippen LogP contribution is 2.23. The van der Waals surface area contributed by atoms with Gasteiger partial charge in [0.2, 0.25) is 0 Å². The number of benzene rings is 1. The second kappa shape index (κ2) is 7.87. The first-order chi connectivity index (χ1) is 10.1. The van der Waals surface area contributed by atoms with Crippen molar-refractivity contribution in [1.29, 1.82) is 0 Å². The molecule has 0 bridgehead atoms. The van der Waals surface area contributed by atoms with Crippen LogP contribution in [0.3, 0.4) is 0 Å². The van der Waals surface area contributed by atoms with Gasteiger partial charge in [0.1, 0.15) is 0 Å². The molecule has 2 rings (SSSR count). The molecule has 2 atom stereocenters. The number of aliphatic hydroxyl groups is 1. The number of nitrogens with one attached hydrogen (secondary N) is 1. The topological polar surface area (TPSA) is 38.7 Å². The van der Waals surface area contributed by atoms with Gasteiger partial charge in [0.25, 0.3) is 0 Å². The molecule has 2 unspecified atom stereocenters. The Hall–Kier alpha value is -0.970. The summed E-state index contributed by atoms with van der Waals surface area (Å²) in [4.78, 5) is 4.77. The molecule has 1 aliphatic heterocycles. The average Bonchev–Trinajstić information content (AvgIpc) is 2.53. The number of hydrogen-bond donors (Lipinski definition) is 2. The Morgan fingerprint density at radius 3 is 2.71 bits per heavy atom. The molecule has 1 fully saturated rings. The number of likely N-dealkylation sites (N-methyl/N-ethyl adjacent to an activating group) is 1. The number of halogens is 1. The van der Waals surface area contributed by atoms with E-state index in [1.165, 1.54) is 18.5 Å². The summed E-state index contributed by atoms with van der Waals surface area (Å²) in [5.74, 6) is 0.255. The van der Waals surface area contributed by atoms with E-state index in [4.69, 9.17) is 11.6 Å². The van der Waals surface area contributed by atoms with Gasteiger partial charge in [0.05, 0.1) is 12.0 Å². The molecule has 1 saturated heterocycles. The van der Waals surface area contributed by atoms with Crippen LogP contribution in [0, 0.1) is 0 Å². The first-order valence-corrected chi connectivity index (χ1v) is 8.13. The van der Waals surface area contributed by atoms with Crippen molar-refractivity contribution in [3.05, 3.63) is 24.3 Å². The van der Waals surface area contributed by atoms with Gasteiger partial charge in [-0.15, -0.1) is 11.6 Å². The van der Waals surface area contributed by atoms with Gasteiger partial charge in [0, 0.05) is 37.1 Å². The normalized spacial score (nSPS) is 20.6. The number of hydrogen-bond acceptors (Lipinski definition) is 4. The van der Waals surface area contributed by atoms with E-state index in [2.05, 4.69) is 53.5 Å². The number of rotatable bonds is 6. The van der Waals surface area contributed by atoms with E-state index in [0.717, 1.165) is 18.8 Å². The number of anilines is 2. The zero-order chi connectivity index (χ0) is 15.2. The van der Waals surface area contributed by atoms with Crippen LogP contribution in [-0.2, 0) is 0 Å². The summed E-state index contributed by atoms with van der Waals surface area (Å²) in [7, 11) is 4.31. The molecule has 1 heterocycles. The Kier molecular flexibility index (Phi) is 6.15. The van der Waals surface area contributed by atoms with E-state index < -0.39 is 6.10 Å². The van der Waals surface area contributed by atoms with Crippen LogP contribution >= 0.6 is 11.6 Å². The van der Waals surface area contributed by atoms with Crippen LogP contribution < -0.4 is 10.2 Å². The third-order valence-corrected chi connectivity index (χ3v) is 4.44. The minimum Gasteiger partial charge on any atom is -0.390 e. The zero-order valence-corrected chi connectivity index (χ0v) is 13.7. The van der Waals surface area contributed by atoms with E-state index in [9.17, 15) is 5.11 Å². The fraction of sp³-hybridized carbons (Fsp3) is 0.625. The summed E-state index contributed by atoms with van der Waals surface area (Å²) in [6, 6.07) is 9.06. The van der Waals surface area contributed by atoms with Crippen molar-refractivity contribution in [3.63, 3.8) is 0 Å². The Balaban J connectivity index is 1.92. The van der Waals surface area contributed by atoms with Crippen LogP contribution in [-0.4, -0.2) is 61.8 Å². The molecule has 1 aromatic rings. The minimum atomic E-state index is -0.505. The molecule has 5 heteroatoms. The molecule has 118 valence electrons. The summed E-state index contributed by atoms with van der Waals surface area (Å²) >= 11 is 5.58. The molecule has 0 radical (unpaired) electrons. The molecule has 4 nitrogen and oxygen atoms in total. The lowest BCUT2D eigenvalue weighted by Gasteiger charge is -2.37. The lowest BCUT2D eigenvalue weighted by molar-refractivity contribution is 0.211. The van der Waals surface area contributed by atoms with E-state index in [1.54, 1.807) is 0 Å². The van der Waals surface area contributed by atoms with Gasteiger partial charge < -0.3 is 20.2 Å². The Morgan fingerprint density at radius 2 is 2.10 bits per heavy atom. The van der Waals surface area contributed by atoms with Gasteiger partial charge in [-0.05, 0) is 51.2 Å². The largest absolute Gasteiger partial charge is 0.390 e. The van der Waals surface area contributed by atoms with Crippen molar-refractivity contribution < 1.29 is 5.11 Å². The van der Waals surface area contributed by atoms with Crippen LogP contribution in [0.4, 0.5) is 11.4 Å². The second-order valence-electron chi connectivity index (χ2n) is 5.94. The zero-order valence-electron chi connectivity index (χ0n) is 12.9. The number of aliphatic hydroxyl groups excluding tert-OH is 1. The van der Waals surface area contributed by atoms with Crippen LogP contribution in [0.25, 0.3) is 0 Å². The molecule has 21 heavy (non-hydrogen) atoms. The van der Waals surface area contributed by atoms with Crippen molar-refractivity contribution in [2.75, 3.05) is 49.8 Å². The van der Waals surface area contributed by atoms with E-state index in [0.29, 0.717) is 12.6 Å². The van der Waals surface area contributed by atoms with Gasteiger partial charge in [-0.2, -0.15) is 0 Å². The molecule has 1 aromatic carbocycles. The first kappa shape index (κ1) is 16.4. The molecular weight excluding hydrogens is 286 g/mol. The number of nitrogens with zero attached hydrogens (tertiary/aromatic N) is 2. The fourth-order valence-corrected chi connectivity index (χ4v) is 2.80. The van der Waals surface area contributed by atoms with Crippen molar-refractivity contribution in [1.82, 2.24) is 4.90 Å². The maximum absolute atomic E-state index is 9.45. The van der Waals surface area contributed by atoms with E-state index in [1.807, 2.05) is 0 Å². The molecule has 0 aromatic heterocycles. The monoisotopic (exact) mass is 311 g/mol. The fourth-order valence-electron chi connectivity index (χ4n) is 2.69. The lowest BCUT2D eigenvalue weighted by atomic mass is 10.0. The lowest BCUT2D eigenvalue weighted by Crippen LogP contribution is -2.45. The SMILES string of the molecule is CN(C)C1CCCN(c2ccc(NCC(O)CCl)cc2)C1. The highest BCUT2D eigenvalue weighted by Gasteiger charge is 2.21. The van der Waals surface area contributed by atoms with Gasteiger partial charge in [-0.3, -0.25) is 0 Å². The summed E-state index contributed by atoms with van der Waals surface area (Å²) in [5, 5.41) is 12.6. The molecule has 2 N–H and O–H groups in total. The van der Waals surface area contributed by atoms with Gasteiger partial charge in [-0.1, -0.05) is 0 Å².